The number of nitrogens with one attached hydrogen (secondary N) is 1. The van der Waals surface area contributed by atoms with E-state index in [9.17, 15) is 4.79 Å². The van der Waals surface area contributed by atoms with Crippen molar-refractivity contribution in [2.45, 2.75) is 0 Å². The van der Waals surface area contributed by atoms with E-state index >= 15 is 0 Å². The van der Waals surface area contributed by atoms with Crippen molar-refractivity contribution in [1.82, 2.24) is 24.6 Å². The summed E-state index contributed by atoms with van der Waals surface area (Å²) < 4.78 is 1.71. The largest absolute Gasteiger partial charge is 0.353 e. The number of fused-ring (bicyclic) bond motifs is 1. The van der Waals surface area contributed by atoms with E-state index < -0.39 is 0 Å². The van der Waals surface area contributed by atoms with Crippen LogP contribution in [0.1, 0.15) is 0 Å². The zero-order valence-corrected chi connectivity index (χ0v) is 16.3. The molecular weight excluding hydrogens is 378 g/mol. The molecule has 150 valence electrons. The van der Waals surface area contributed by atoms with Crippen molar-refractivity contribution in [3.63, 3.8) is 0 Å². The molecule has 0 spiro atoms. The Balaban J connectivity index is 1.22. The van der Waals surface area contributed by atoms with Crippen LogP contribution in [-0.4, -0.2) is 56.9 Å². The zero-order chi connectivity index (χ0) is 20.3. The molecule has 5 rings (SSSR count). The normalized spacial score (nSPS) is 14.1. The van der Waals surface area contributed by atoms with Crippen LogP contribution in [0.25, 0.3) is 16.6 Å². The fraction of sp³-hybridized carbons (Fsp3) is 0.182. The second-order valence-corrected chi connectivity index (χ2v) is 7.15. The summed E-state index contributed by atoms with van der Waals surface area (Å²) in [7, 11) is 0. The summed E-state index contributed by atoms with van der Waals surface area (Å²) in [6.45, 7) is 2.67. The van der Waals surface area contributed by atoms with E-state index in [4.69, 9.17) is 0 Å². The third-order valence-electron chi connectivity index (χ3n) is 5.27. The molecule has 8 heteroatoms. The maximum atomic E-state index is 12.7. The minimum Gasteiger partial charge on any atom is -0.353 e. The number of aromatic nitrogens is 4. The van der Waals surface area contributed by atoms with E-state index in [2.05, 4.69) is 31.3 Å². The van der Waals surface area contributed by atoms with E-state index in [-0.39, 0.29) is 6.03 Å². The number of piperazine rings is 1. The predicted molar refractivity (Wildman–Crippen MR) is 116 cm³/mol. The fourth-order valence-electron chi connectivity index (χ4n) is 3.65. The van der Waals surface area contributed by atoms with Crippen LogP contribution in [0.3, 0.4) is 0 Å². The summed E-state index contributed by atoms with van der Waals surface area (Å²) >= 11 is 0. The summed E-state index contributed by atoms with van der Waals surface area (Å²) in [6.07, 6.45) is 5.11. The number of nitrogens with zero attached hydrogens (tertiary/aromatic N) is 6. The molecular formula is C22H21N7O. The van der Waals surface area contributed by atoms with Crippen LogP contribution in [0.4, 0.5) is 16.3 Å². The molecule has 1 aliphatic rings. The first-order valence-electron chi connectivity index (χ1n) is 9.88. The summed E-state index contributed by atoms with van der Waals surface area (Å²) in [5.41, 5.74) is 0.806. The Labute approximate surface area is 173 Å². The summed E-state index contributed by atoms with van der Waals surface area (Å²) in [4.78, 5) is 25.4. The van der Waals surface area contributed by atoms with E-state index in [0.29, 0.717) is 26.2 Å². The summed E-state index contributed by atoms with van der Waals surface area (Å²) in [5.74, 6) is 1.56. The fourth-order valence-corrected chi connectivity index (χ4v) is 3.65. The molecule has 1 N–H and O–H groups in total. The second kappa shape index (κ2) is 7.82. The number of anilines is 2. The van der Waals surface area contributed by atoms with Crippen molar-refractivity contribution < 1.29 is 4.79 Å². The third kappa shape index (κ3) is 3.67. The number of urea groups is 1. The van der Waals surface area contributed by atoms with Gasteiger partial charge in [0.05, 0.1) is 0 Å². The van der Waals surface area contributed by atoms with Gasteiger partial charge < -0.3 is 15.1 Å². The smallest absolute Gasteiger partial charge is 0.321 e. The molecule has 30 heavy (non-hydrogen) atoms. The van der Waals surface area contributed by atoms with Crippen molar-refractivity contribution in [2.24, 2.45) is 0 Å². The molecule has 2 aromatic carbocycles. The van der Waals surface area contributed by atoms with Gasteiger partial charge in [0, 0.05) is 50.3 Å². The van der Waals surface area contributed by atoms with Crippen LogP contribution in [-0.2, 0) is 0 Å². The van der Waals surface area contributed by atoms with Crippen molar-refractivity contribution >= 4 is 28.3 Å². The van der Waals surface area contributed by atoms with Gasteiger partial charge in [-0.25, -0.2) is 19.4 Å². The lowest BCUT2D eigenvalue weighted by Crippen LogP contribution is -2.50. The number of carbonyl (C=O) groups is 1. The molecule has 1 saturated heterocycles. The maximum Gasteiger partial charge on any atom is 0.321 e. The Morgan fingerprint density at radius 3 is 2.47 bits per heavy atom. The molecule has 4 aromatic rings. The van der Waals surface area contributed by atoms with E-state index in [1.54, 1.807) is 17.2 Å². The van der Waals surface area contributed by atoms with Gasteiger partial charge in [0.1, 0.15) is 12.1 Å². The highest BCUT2D eigenvalue weighted by Gasteiger charge is 2.22. The summed E-state index contributed by atoms with van der Waals surface area (Å²) in [6, 6.07) is 17.8. The maximum absolute atomic E-state index is 12.7. The quantitative estimate of drug-likeness (QED) is 0.572. The Kier molecular flexibility index (Phi) is 4.72. The van der Waals surface area contributed by atoms with Gasteiger partial charge in [-0.1, -0.05) is 30.3 Å². The molecule has 0 unspecified atom stereocenters. The minimum atomic E-state index is -0.0788. The van der Waals surface area contributed by atoms with Gasteiger partial charge in [-0.3, -0.25) is 0 Å². The summed E-state index contributed by atoms with van der Waals surface area (Å²) in [5, 5.41) is 9.49. The average Bonchev–Trinajstić information content (AvgIpc) is 3.34. The number of benzene rings is 2. The van der Waals surface area contributed by atoms with Crippen molar-refractivity contribution in [2.75, 3.05) is 36.4 Å². The number of hydrogen-bond acceptors (Lipinski definition) is 5. The van der Waals surface area contributed by atoms with Crippen LogP contribution < -0.4 is 10.2 Å². The Morgan fingerprint density at radius 2 is 1.67 bits per heavy atom. The predicted octanol–water partition coefficient (Wildman–Crippen LogP) is 3.17. The van der Waals surface area contributed by atoms with Crippen molar-refractivity contribution in [3.05, 3.63) is 73.3 Å². The molecule has 2 aromatic heterocycles. The molecule has 1 fully saturated rings. The molecule has 0 radical (unpaired) electrons. The Morgan fingerprint density at radius 1 is 0.867 bits per heavy atom. The second-order valence-electron chi connectivity index (χ2n) is 7.15. The van der Waals surface area contributed by atoms with Gasteiger partial charge in [-0.2, -0.15) is 5.10 Å². The number of hydrogen-bond donors (Lipinski definition) is 1. The third-order valence-corrected chi connectivity index (χ3v) is 5.27. The zero-order valence-electron chi connectivity index (χ0n) is 16.3. The number of amides is 2. The van der Waals surface area contributed by atoms with Crippen molar-refractivity contribution in [3.8, 4) is 5.82 Å². The van der Waals surface area contributed by atoms with Crippen LogP contribution in [0.2, 0.25) is 0 Å². The first-order valence-corrected chi connectivity index (χ1v) is 9.88. The highest BCUT2D eigenvalue weighted by atomic mass is 16.2. The lowest BCUT2D eigenvalue weighted by molar-refractivity contribution is 0.208. The van der Waals surface area contributed by atoms with Crippen molar-refractivity contribution in [1.29, 1.82) is 0 Å². The van der Waals surface area contributed by atoms with Gasteiger partial charge in [0.2, 0.25) is 0 Å². The van der Waals surface area contributed by atoms with E-state index in [1.807, 2.05) is 59.6 Å². The van der Waals surface area contributed by atoms with Gasteiger partial charge >= 0.3 is 6.03 Å². The average molecular weight is 399 g/mol. The van der Waals surface area contributed by atoms with Crippen LogP contribution >= 0.6 is 0 Å². The molecule has 0 aliphatic carbocycles. The van der Waals surface area contributed by atoms with Crippen LogP contribution in [0.5, 0.6) is 0 Å². The minimum absolute atomic E-state index is 0.0788. The van der Waals surface area contributed by atoms with Gasteiger partial charge in [-0.05, 0) is 29.0 Å². The monoisotopic (exact) mass is 399 g/mol. The topological polar surface area (TPSA) is 79.2 Å². The highest BCUT2D eigenvalue weighted by Crippen LogP contribution is 2.20. The van der Waals surface area contributed by atoms with Crippen LogP contribution in [0.15, 0.2) is 73.3 Å². The molecule has 1 aliphatic heterocycles. The lowest BCUT2D eigenvalue weighted by Gasteiger charge is -2.35. The molecule has 0 saturated carbocycles. The number of rotatable bonds is 3. The Bertz CT molecular complexity index is 1170. The van der Waals surface area contributed by atoms with E-state index in [0.717, 1.165) is 28.1 Å². The molecule has 0 atom stereocenters. The molecule has 3 heterocycles. The standard InChI is InChI=1S/C22H21N7O/c30-22(26-19-7-6-17-4-1-2-5-18(17)14-19)28-12-10-27(11-13-28)20-15-21(24-16-23-20)29-9-3-8-25-29/h1-9,14-16H,10-13H2,(H,26,30). The first kappa shape index (κ1) is 18.1. The van der Waals surface area contributed by atoms with Gasteiger partial charge in [-0.15, -0.1) is 0 Å². The highest BCUT2D eigenvalue weighted by molar-refractivity contribution is 5.93. The van der Waals surface area contributed by atoms with E-state index in [1.165, 1.54) is 0 Å². The molecule has 2 amide bonds. The SMILES string of the molecule is O=C(Nc1ccc2ccccc2c1)N1CCN(c2cc(-n3cccn3)ncn2)CC1. The lowest BCUT2D eigenvalue weighted by atomic mass is 10.1. The van der Waals surface area contributed by atoms with Crippen LogP contribution in [0, 0.1) is 0 Å². The molecule has 0 bridgehead atoms. The Hall–Kier alpha value is -3.94. The number of carbonyl (C=O) groups excluding carboxylic acids is 1. The van der Waals surface area contributed by atoms with Gasteiger partial charge in [0.15, 0.2) is 5.82 Å². The van der Waals surface area contributed by atoms with Gasteiger partial charge in [0.25, 0.3) is 0 Å². The first-order chi connectivity index (χ1) is 14.8. The molecule has 8 nitrogen and oxygen atoms in total.